The monoisotopic (exact) mass is 499 g/mol. The van der Waals surface area contributed by atoms with Gasteiger partial charge in [-0.3, -0.25) is 4.79 Å². The molecule has 2 aromatic rings. The van der Waals surface area contributed by atoms with Gasteiger partial charge in [-0.1, -0.05) is 49.3 Å². The smallest absolute Gasteiger partial charge is 0.243 e. The summed E-state index contributed by atoms with van der Waals surface area (Å²) in [6.45, 7) is 5.38. The molecule has 0 saturated heterocycles. The van der Waals surface area contributed by atoms with Crippen molar-refractivity contribution >= 4 is 35.8 Å². The summed E-state index contributed by atoms with van der Waals surface area (Å²) < 4.78 is 5.34. The molecular weight excluding hydrogens is 469 g/mol. The number of aliphatic imine (C=N–C) groups is 1. The number of hydrogen-bond acceptors (Lipinski definition) is 4. The van der Waals surface area contributed by atoms with Crippen molar-refractivity contribution in [3.8, 4) is 0 Å². The lowest BCUT2D eigenvalue weighted by Crippen LogP contribution is -2.39. The van der Waals surface area contributed by atoms with Crippen molar-refractivity contribution in [2.45, 2.75) is 32.7 Å². The number of aromatic nitrogens is 1. The third kappa shape index (κ3) is 8.28. The number of nitrogens with one attached hydrogen (secondary N) is 2. The molecule has 1 aromatic carbocycles. The van der Waals surface area contributed by atoms with Crippen LogP contribution in [0.1, 0.15) is 36.8 Å². The number of benzene rings is 1. The predicted molar refractivity (Wildman–Crippen MR) is 122 cm³/mol. The van der Waals surface area contributed by atoms with Crippen LogP contribution in [0.4, 0.5) is 0 Å². The maximum absolute atomic E-state index is 11.8. The van der Waals surface area contributed by atoms with Gasteiger partial charge < -0.3 is 20.1 Å². The molecule has 1 amide bonds. The zero-order valence-electron chi connectivity index (χ0n) is 16.9. The molecule has 8 heteroatoms. The van der Waals surface area contributed by atoms with E-state index >= 15 is 0 Å². The fourth-order valence-corrected chi connectivity index (χ4v) is 2.29. The van der Waals surface area contributed by atoms with E-state index in [1.54, 1.807) is 14.1 Å². The third-order valence-electron chi connectivity index (χ3n) is 4.02. The molecule has 0 atom stereocenters. The van der Waals surface area contributed by atoms with E-state index in [-0.39, 0.29) is 36.4 Å². The zero-order valence-corrected chi connectivity index (χ0v) is 19.3. The molecule has 0 fully saturated rings. The van der Waals surface area contributed by atoms with E-state index in [2.05, 4.69) is 46.8 Å². The van der Waals surface area contributed by atoms with E-state index in [9.17, 15) is 4.79 Å². The Balaban J connectivity index is 0.00000392. The minimum Gasteiger partial charge on any atom is -0.359 e. The summed E-state index contributed by atoms with van der Waals surface area (Å²) in [5.41, 5.74) is 2.16. The van der Waals surface area contributed by atoms with Crippen molar-refractivity contribution in [3.05, 3.63) is 53.4 Å². The summed E-state index contributed by atoms with van der Waals surface area (Å²) in [4.78, 5) is 17.7. The highest BCUT2D eigenvalue weighted by Gasteiger charge is 2.09. The van der Waals surface area contributed by atoms with Gasteiger partial charge in [0.2, 0.25) is 5.91 Å². The minimum atomic E-state index is -0.0547. The van der Waals surface area contributed by atoms with Crippen LogP contribution < -0.4 is 10.6 Å². The molecule has 2 N–H and O–H groups in total. The highest BCUT2D eigenvalue weighted by Crippen LogP contribution is 2.13. The van der Waals surface area contributed by atoms with Crippen LogP contribution in [0.25, 0.3) is 0 Å². The van der Waals surface area contributed by atoms with Gasteiger partial charge in [0.15, 0.2) is 11.7 Å². The first-order valence-electron chi connectivity index (χ1n) is 9.17. The number of hydrogen-bond donors (Lipinski definition) is 2. The first-order chi connectivity index (χ1) is 13.0. The molecular formula is C20H30IN5O2. The Morgan fingerprint density at radius 3 is 2.54 bits per heavy atom. The number of guanidine groups is 1. The first kappa shape index (κ1) is 23.9. The Morgan fingerprint density at radius 2 is 1.93 bits per heavy atom. The molecule has 0 aliphatic rings. The highest BCUT2D eigenvalue weighted by atomic mass is 127. The largest absolute Gasteiger partial charge is 0.359 e. The SMILES string of the molecule is CC(C)c1cc(CNC(=NCC(=O)N(C)C)NCCc2ccccc2)on1.I. The Hall–Kier alpha value is -2.10. The van der Waals surface area contributed by atoms with Gasteiger partial charge in [0, 0.05) is 26.7 Å². The number of amides is 1. The average molecular weight is 499 g/mol. The van der Waals surface area contributed by atoms with Gasteiger partial charge in [-0.2, -0.15) is 0 Å². The molecule has 0 saturated carbocycles. The number of carbonyl (C=O) groups excluding carboxylic acids is 1. The quantitative estimate of drug-likeness (QED) is 0.332. The second-order valence-electron chi connectivity index (χ2n) is 6.84. The molecule has 0 radical (unpaired) electrons. The second kappa shape index (κ2) is 12.4. The van der Waals surface area contributed by atoms with Gasteiger partial charge in [0.1, 0.15) is 6.54 Å². The van der Waals surface area contributed by atoms with Crippen LogP contribution in [-0.2, 0) is 17.8 Å². The van der Waals surface area contributed by atoms with Gasteiger partial charge in [-0.05, 0) is 17.9 Å². The molecule has 2 rings (SSSR count). The van der Waals surface area contributed by atoms with E-state index in [1.165, 1.54) is 10.5 Å². The normalized spacial score (nSPS) is 11.1. The summed E-state index contributed by atoms with van der Waals surface area (Å²) >= 11 is 0. The van der Waals surface area contributed by atoms with Crippen LogP contribution in [-0.4, -0.2) is 49.1 Å². The third-order valence-corrected chi connectivity index (χ3v) is 4.02. The first-order valence-corrected chi connectivity index (χ1v) is 9.17. The lowest BCUT2D eigenvalue weighted by Gasteiger charge is -2.13. The number of carbonyl (C=O) groups is 1. The zero-order chi connectivity index (χ0) is 19.6. The summed E-state index contributed by atoms with van der Waals surface area (Å²) in [5.74, 6) is 1.57. The van der Waals surface area contributed by atoms with Crippen LogP contribution in [0.2, 0.25) is 0 Å². The number of nitrogens with zero attached hydrogens (tertiary/aromatic N) is 3. The van der Waals surface area contributed by atoms with Crippen molar-refractivity contribution in [1.29, 1.82) is 0 Å². The molecule has 0 bridgehead atoms. The van der Waals surface area contributed by atoms with Crippen molar-refractivity contribution in [2.75, 3.05) is 27.2 Å². The Labute approximate surface area is 184 Å². The van der Waals surface area contributed by atoms with E-state index in [1.807, 2.05) is 24.3 Å². The fraction of sp³-hybridized carbons (Fsp3) is 0.450. The van der Waals surface area contributed by atoms with Gasteiger partial charge in [0.25, 0.3) is 0 Å². The number of rotatable bonds is 8. The predicted octanol–water partition coefficient (Wildman–Crippen LogP) is 2.78. The van der Waals surface area contributed by atoms with Crippen molar-refractivity contribution in [3.63, 3.8) is 0 Å². The van der Waals surface area contributed by atoms with Crippen LogP contribution in [0.5, 0.6) is 0 Å². The van der Waals surface area contributed by atoms with Gasteiger partial charge in [-0.25, -0.2) is 4.99 Å². The summed E-state index contributed by atoms with van der Waals surface area (Å²) in [6.07, 6.45) is 0.864. The molecule has 154 valence electrons. The summed E-state index contributed by atoms with van der Waals surface area (Å²) in [7, 11) is 3.44. The van der Waals surface area contributed by atoms with E-state index in [0.717, 1.165) is 17.9 Å². The van der Waals surface area contributed by atoms with Gasteiger partial charge in [0.05, 0.1) is 12.2 Å². The van der Waals surface area contributed by atoms with Crippen LogP contribution in [0.15, 0.2) is 45.9 Å². The molecule has 1 heterocycles. The van der Waals surface area contributed by atoms with Crippen LogP contribution in [0, 0.1) is 0 Å². The molecule has 0 aliphatic heterocycles. The van der Waals surface area contributed by atoms with Crippen molar-refractivity contribution < 1.29 is 9.32 Å². The topological polar surface area (TPSA) is 82.8 Å². The molecule has 1 aromatic heterocycles. The minimum absolute atomic E-state index is 0. The standard InChI is InChI=1S/C20H29N5O2.HI/c1-15(2)18-12-17(27-24-18)13-22-20(23-14-19(26)25(3)4)21-11-10-16-8-6-5-7-9-16;/h5-9,12,15H,10-11,13-14H2,1-4H3,(H2,21,22,23);1H. The van der Waals surface area contributed by atoms with Crippen LogP contribution >= 0.6 is 24.0 Å². The van der Waals surface area contributed by atoms with Gasteiger partial charge in [-0.15, -0.1) is 24.0 Å². The lowest BCUT2D eigenvalue weighted by molar-refractivity contribution is -0.127. The maximum Gasteiger partial charge on any atom is 0.243 e. The highest BCUT2D eigenvalue weighted by molar-refractivity contribution is 14.0. The average Bonchev–Trinajstić information content (AvgIpc) is 3.13. The molecule has 0 unspecified atom stereocenters. The van der Waals surface area contributed by atoms with Crippen LogP contribution in [0.3, 0.4) is 0 Å². The summed E-state index contributed by atoms with van der Waals surface area (Å²) in [5, 5.41) is 10.5. The number of halogens is 1. The summed E-state index contributed by atoms with van der Waals surface area (Å²) in [6, 6.07) is 12.2. The lowest BCUT2D eigenvalue weighted by atomic mass is 10.1. The van der Waals surface area contributed by atoms with E-state index in [4.69, 9.17) is 4.52 Å². The van der Waals surface area contributed by atoms with Crippen molar-refractivity contribution in [1.82, 2.24) is 20.7 Å². The fourth-order valence-electron chi connectivity index (χ4n) is 2.29. The molecule has 0 aliphatic carbocycles. The van der Waals surface area contributed by atoms with Gasteiger partial charge >= 0.3 is 0 Å². The Morgan fingerprint density at radius 1 is 1.21 bits per heavy atom. The molecule has 7 nitrogen and oxygen atoms in total. The molecule has 28 heavy (non-hydrogen) atoms. The molecule has 0 spiro atoms. The van der Waals surface area contributed by atoms with E-state index in [0.29, 0.717) is 25.0 Å². The maximum atomic E-state index is 11.8. The Bertz CT molecular complexity index is 744. The van der Waals surface area contributed by atoms with Crippen molar-refractivity contribution in [2.24, 2.45) is 4.99 Å². The van der Waals surface area contributed by atoms with E-state index < -0.39 is 0 Å². The Kier molecular flexibility index (Phi) is 10.6. The number of likely N-dealkylation sites (N-methyl/N-ethyl adjacent to an activating group) is 1. The second-order valence-corrected chi connectivity index (χ2v) is 6.84.